The number of fused-ring (bicyclic) bond motifs is 1. The summed E-state index contributed by atoms with van der Waals surface area (Å²) in [5, 5.41) is 29.6. The molecule has 0 saturated carbocycles. The van der Waals surface area contributed by atoms with E-state index in [1.807, 2.05) is 6.92 Å². The number of anilines is 2. The third-order valence-electron chi connectivity index (χ3n) is 8.08. The summed E-state index contributed by atoms with van der Waals surface area (Å²) in [6, 6.07) is 8.40. The van der Waals surface area contributed by atoms with E-state index in [2.05, 4.69) is 57.9 Å². The van der Waals surface area contributed by atoms with Crippen LogP contribution in [0, 0.1) is 30.6 Å². The summed E-state index contributed by atoms with van der Waals surface area (Å²) >= 11 is 0. The van der Waals surface area contributed by atoms with Gasteiger partial charge in [-0.25, -0.2) is 14.8 Å². The number of aliphatic hydroxyl groups excluding tert-OH is 1. The highest BCUT2D eigenvalue weighted by atomic mass is 16.4. The summed E-state index contributed by atoms with van der Waals surface area (Å²) in [6.45, 7) is 11.2. The van der Waals surface area contributed by atoms with E-state index in [1.165, 1.54) is 11.1 Å². The number of rotatable bonds is 5. The van der Waals surface area contributed by atoms with Crippen molar-refractivity contribution >= 4 is 17.6 Å². The zero-order chi connectivity index (χ0) is 27.9. The van der Waals surface area contributed by atoms with Gasteiger partial charge in [0.1, 0.15) is 6.07 Å². The van der Waals surface area contributed by atoms with Gasteiger partial charge in [-0.05, 0) is 55.2 Å². The van der Waals surface area contributed by atoms with Gasteiger partial charge in [-0.3, -0.25) is 4.98 Å². The Hall–Kier alpha value is -4.03. The fourth-order valence-electron chi connectivity index (χ4n) is 5.73. The molecule has 2 aromatic heterocycles. The Morgan fingerprint density at radius 2 is 1.74 bits per heavy atom. The predicted molar refractivity (Wildman–Crippen MR) is 148 cm³/mol. The number of hydrogen-bond donors (Lipinski definition) is 2. The standard InChI is InChI=1S/C30H34N6O3/c1-18-24(26(35-11-8-30(3,4)9-12-35)25(19(2)34-18)27(37)28(38)39)22-5-6-23-17-36(10-7-21(23)13-22)29-32-15-20(14-31)16-33-29/h5-6,13,15-16,27,37H,7-12,17H2,1-4H3,(H,38,39)/t27-/m0/s1. The lowest BCUT2D eigenvalue weighted by Crippen LogP contribution is -2.39. The smallest absolute Gasteiger partial charge is 0.337 e. The highest BCUT2D eigenvalue weighted by Gasteiger charge is 2.33. The number of nitrogens with zero attached hydrogens (tertiary/aromatic N) is 6. The lowest BCUT2D eigenvalue weighted by Gasteiger charge is -2.40. The Morgan fingerprint density at radius 1 is 1.05 bits per heavy atom. The van der Waals surface area contributed by atoms with Gasteiger partial charge in [0.15, 0.2) is 6.10 Å². The maximum Gasteiger partial charge on any atom is 0.337 e. The van der Waals surface area contributed by atoms with Crippen LogP contribution < -0.4 is 9.80 Å². The van der Waals surface area contributed by atoms with Gasteiger partial charge in [0, 0.05) is 48.7 Å². The molecule has 0 bridgehead atoms. The Labute approximate surface area is 228 Å². The molecular weight excluding hydrogens is 492 g/mol. The summed E-state index contributed by atoms with van der Waals surface area (Å²) in [7, 11) is 0. The molecule has 5 rings (SSSR count). The largest absolute Gasteiger partial charge is 0.479 e. The van der Waals surface area contributed by atoms with E-state index < -0.39 is 12.1 Å². The number of piperidine rings is 1. The number of aliphatic carboxylic acids is 1. The van der Waals surface area contributed by atoms with Crippen molar-refractivity contribution in [1.82, 2.24) is 15.0 Å². The van der Waals surface area contributed by atoms with E-state index in [-0.39, 0.29) is 5.41 Å². The first-order chi connectivity index (χ1) is 18.6. The third kappa shape index (κ3) is 5.17. The average Bonchev–Trinajstić information content (AvgIpc) is 2.92. The van der Waals surface area contributed by atoms with E-state index in [4.69, 9.17) is 10.2 Å². The van der Waals surface area contributed by atoms with Crippen molar-refractivity contribution in [1.29, 1.82) is 5.26 Å². The zero-order valence-corrected chi connectivity index (χ0v) is 22.9. The Balaban J connectivity index is 1.55. The SMILES string of the molecule is Cc1nc(C)c([C@H](O)C(=O)O)c(N2CCC(C)(C)CC2)c1-c1ccc2c(c1)CCN(c1ncc(C#N)cn1)C2. The second-order valence-corrected chi connectivity index (χ2v) is 11.4. The molecule has 3 aromatic rings. The molecule has 1 saturated heterocycles. The zero-order valence-electron chi connectivity index (χ0n) is 22.9. The van der Waals surface area contributed by atoms with E-state index >= 15 is 0 Å². The van der Waals surface area contributed by atoms with Gasteiger partial charge < -0.3 is 20.0 Å². The number of hydrogen-bond acceptors (Lipinski definition) is 8. The maximum atomic E-state index is 12.0. The predicted octanol–water partition coefficient (Wildman–Crippen LogP) is 4.33. The van der Waals surface area contributed by atoms with E-state index in [0.29, 0.717) is 29.3 Å². The summed E-state index contributed by atoms with van der Waals surface area (Å²) in [4.78, 5) is 29.7. The molecule has 202 valence electrons. The molecule has 2 aliphatic heterocycles. The normalized spacial score (nSPS) is 17.3. The van der Waals surface area contributed by atoms with Crippen molar-refractivity contribution in [2.45, 2.75) is 59.6 Å². The van der Waals surface area contributed by atoms with E-state index in [0.717, 1.165) is 61.4 Å². The van der Waals surface area contributed by atoms with Crippen molar-refractivity contribution in [2.24, 2.45) is 5.41 Å². The Morgan fingerprint density at radius 3 is 2.38 bits per heavy atom. The van der Waals surface area contributed by atoms with Crippen molar-refractivity contribution in [3.05, 3.63) is 64.2 Å². The lowest BCUT2D eigenvalue weighted by molar-refractivity contribution is -0.147. The van der Waals surface area contributed by atoms with Gasteiger partial charge in [-0.1, -0.05) is 32.0 Å². The molecule has 1 atom stereocenters. The van der Waals surface area contributed by atoms with Crippen LogP contribution in [0.2, 0.25) is 0 Å². The van der Waals surface area contributed by atoms with Gasteiger partial charge in [0.2, 0.25) is 5.95 Å². The quantitative estimate of drug-likeness (QED) is 0.499. The first kappa shape index (κ1) is 26.6. The fraction of sp³-hybridized carbons (Fsp3) is 0.433. The highest BCUT2D eigenvalue weighted by Crippen LogP contribution is 2.44. The second-order valence-electron chi connectivity index (χ2n) is 11.4. The van der Waals surface area contributed by atoms with Gasteiger partial charge in [-0.15, -0.1) is 0 Å². The van der Waals surface area contributed by atoms with Gasteiger partial charge in [-0.2, -0.15) is 5.26 Å². The molecule has 39 heavy (non-hydrogen) atoms. The van der Waals surface area contributed by atoms with Crippen molar-refractivity contribution in [3.63, 3.8) is 0 Å². The molecule has 0 amide bonds. The van der Waals surface area contributed by atoms with E-state index in [1.54, 1.807) is 19.3 Å². The van der Waals surface area contributed by atoms with Crippen molar-refractivity contribution in [2.75, 3.05) is 29.4 Å². The number of aromatic nitrogens is 3. The number of carboxylic acid groups (broad SMARTS) is 1. The van der Waals surface area contributed by atoms with Crippen LogP contribution >= 0.6 is 0 Å². The molecule has 2 aliphatic rings. The molecular formula is C30H34N6O3. The topological polar surface area (TPSA) is 126 Å². The number of carboxylic acids is 1. The average molecular weight is 527 g/mol. The summed E-state index contributed by atoms with van der Waals surface area (Å²) < 4.78 is 0. The van der Waals surface area contributed by atoms with Crippen LogP contribution in [0.4, 0.5) is 11.6 Å². The molecule has 1 fully saturated rings. The molecule has 0 radical (unpaired) electrons. The Kier molecular flexibility index (Phi) is 7.00. The summed E-state index contributed by atoms with van der Waals surface area (Å²) in [5.74, 6) is -0.672. The molecule has 0 unspecified atom stereocenters. The number of nitriles is 1. The molecule has 4 heterocycles. The molecule has 0 spiro atoms. The van der Waals surface area contributed by atoms with Gasteiger partial charge in [0.25, 0.3) is 0 Å². The summed E-state index contributed by atoms with van der Waals surface area (Å²) in [5.41, 5.74) is 7.42. The number of aliphatic hydroxyl groups is 1. The number of carbonyl (C=O) groups is 1. The molecule has 0 aliphatic carbocycles. The minimum Gasteiger partial charge on any atom is -0.479 e. The van der Waals surface area contributed by atoms with Crippen LogP contribution in [0.25, 0.3) is 11.1 Å². The fourth-order valence-corrected chi connectivity index (χ4v) is 5.73. The van der Waals surface area contributed by atoms with Gasteiger partial charge >= 0.3 is 5.97 Å². The molecule has 9 nitrogen and oxygen atoms in total. The Bertz CT molecular complexity index is 1450. The second kappa shape index (κ2) is 10.3. The number of benzene rings is 1. The molecule has 1 aromatic carbocycles. The van der Waals surface area contributed by atoms with Crippen LogP contribution in [-0.2, 0) is 17.8 Å². The maximum absolute atomic E-state index is 12.0. The minimum absolute atomic E-state index is 0.218. The lowest BCUT2D eigenvalue weighted by atomic mass is 9.81. The van der Waals surface area contributed by atoms with Crippen LogP contribution in [0.5, 0.6) is 0 Å². The number of pyridine rings is 1. The van der Waals surface area contributed by atoms with Crippen LogP contribution in [0.3, 0.4) is 0 Å². The molecule has 9 heteroatoms. The molecule has 2 N–H and O–H groups in total. The van der Waals surface area contributed by atoms with E-state index in [9.17, 15) is 15.0 Å². The van der Waals surface area contributed by atoms with Gasteiger partial charge in [0.05, 0.1) is 23.6 Å². The van der Waals surface area contributed by atoms with Crippen LogP contribution in [0.15, 0.2) is 30.6 Å². The van der Waals surface area contributed by atoms with Crippen LogP contribution in [-0.4, -0.2) is 50.8 Å². The minimum atomic E-state index is -1.65. The first-order valence-electron chi connectivity index (χ1n) is 13.3. The van der Waals surface area contributed by atoms with Crippen molar-refractivity contribution < 1.29 is 15.0 Å². The van der Waals surface area contributed by atoms with Crippen molar-refractivity contribution in [3.8, 4) is 17.2 Å². The third-order valence-corrected chi connectivity index (χ3v) is 8.08. The number of aryl methyl sites for hydroxylation is 2. The highest BCUT2D eigenvalue weighted by molar-refractivity contribution is 5.88. The first-order valence-corrected chi connectivity index (χ1v) is 13.3. The summed E-state index contributed by atoms with van der Waals surface area (Å²) in [6.07, 6.45) is 4.18. The van der Waals surface area contributed by atoms with Crippen LogP contribution in [0.1, 0.15) is 66.4 Å². The monoisotopic (exact) mass is 526 g/mol.